The quantitative estimate of drug-likeness (QED) is 0.837. The molecule has 0 unspecified atom stereocenters. The van der Waals surface area contributed by atoms with E-state index in [2.05, 4.69) is 73.2 Å². The van der Waals surface area contributed by atoms with Crippen molar-refractivity contribution in [2.24, 2.45) is 11.8 Å². The molecule has 0 saturated heterocycles. The van der Waals surface area contributed by atoms with Crippen molar-refractivity contribution in [1.29, 1.82) is 0 Å². The Kier molecular flexibility index (Phi) is 4.31. The van der Waals surface area contributed by atoms with Crippen molar-refractivity contribution in [3.05, 3.63) is 35.2 Å². The zero-order valence-corrected chi connectivity index (χ0v) is 13.5. The predicted molar refractivity (Wildman–Crippen MR) is 81.8 cm³/mol. The zero-order valence-electron chi connectivity index (χ0n) is 13.5. The van der Waals surface area contributed by atoms with Gasteiger partial charge in [0.2, 0.25) is 0 Å². The van der Waals surface area contributed by atoms with Gasteiger partial charge >= 0.3 is 0 Å². The molecular formula is C16H26N4. The number of aromatic nitrogens is 4. The molecule has 2 rings (SSSR count). The maximum Gasteiger partial charge on any atom is 0.153 e. The third-order valence-electron chi connectivity index (χ3n) is 3.39. The molecule has 0 atom stereocenters. The minimum absolute atomic E-state index is 0.570. The average Bonchev–Trinajstić information content (AvgIpc) is 2.83. The third-order valence-corrected chi connectivity index (χ3v) is 3.39. The number of aryl methyl sites for hydroxylation is 2. The lowest BCUT2D eigenvalue weighted by Crippen LogP contribution is -2.20. The van der Waals surface area contributed by atoms with Crippen LogP contribution in [-0.2, 0) is 12.8 Å². The van der Waals surface area contributed by atoms with Crippen molar-refractivity contribution >= 4 is 0 Å². The summed E-state index contributed by atoms with van der Waals surface area (Å²) in [6, 6.07) is 4.29. The second-order valence-corrected chi connectivity index (χ2v) is 6.47. The van der Waals surface area contributed by atoms with E-state index in [4.69, 9.17) is 0 Å². The maximum absolute atomic E-state index is 4.44. The van der Waals surface area contributed by atoms with Crippen LogP contribution < -0.4 is 0 Å². The van der Waals surface area contributed by atoms with Gasteiger partial charge in [0.25, 0.3) is 0 Å². The Labute approximate surface area is 121 Å². The molecule has 0 N–H and O–H groups in total. The van der Waals surface area contributed by atoms with Crippen LogP contribution in [0.25, 0.3) is 0 Å². The van der Waals surface area contributed by atoms with Gasteiger partial charge in [0.05, 0.1) is 0 Å². The normalized spacial score (nSPS) is 11.8. The SMILES string of the molecule is Cc1ccc(C)n1-n1c(CC(C)C)nnc1CC(C)C. The van der Waals surface area contributed by atoms with E-state index >= 15 is 0 Å². The van der Waals surface area contributed by atoms with Gasteiger partial charge in [-0.2, -0.15) is 0 Å². The lowest BCUT2D eigenvalue weighted by Gasteiger charge is -2.17. The zero-order chi connectivity index (χ0) is 14.9. The van der Waals surface area contributed by atoms with Gasteiger partial charge in [-0.05, 0) is 37.8 Å². The summed E-state index contributed by atoms with van der Waals surface area (Å²) in [5.41, 5.74) is 2.44. The van der Waals surface area contributed by atoms with Crippen molar-refractivity contribution in [3.63, 3.8) is 0 Å². The number of nitrogens with zero attached hydrogens (tertiary/aromatic N) is 4. The highest BCUT2D eigenvalue weighted by atomic mass is 15.5. The van der Waals surface area contributed by atoms with Crippen LogP contribution in [0.3, 0.4) is 0 Å². The van der Waals surface area contributed by atoms with E-state index < -0.39 is 0 Å². The van der Waals surface area contributed by atoms with Crippen LogP contribution in [0, 0.1) is 25.7 Å². The lowest BCUT2D eigenvalue weighted by atomic mass is 10.1. The van der Waals surface area contributed by atoms with E-state index in [1.165, 1.54) is 11.4 Å². The van der Waals surface area contributed by atoms with Crippen LogP contribution >= 0.6 is 0 Å². The fraction of sp³-hybridized carbons (Fsp3) is 0.625. The van der Waals surface area contributed by atoms with Gasteiger partial charge in [-0.3, -0.25) is 4.68 Å². The Hall–Kier alpha value is -1.58. The summed E-state index contributed by atoms with van der Waals surface area (Å²) < 4.78 is 4.44. The summed E-state index contributed by atoms with van der Waals surface area (Å²) in [5, 5.41) is 8.88. The molecule has 0 aliphatic rings. The fourth-order valence-corrected chi connectivity index (χ4v) is 2.54. The van der Waals surface area contributed by atoms with Gasteiger partial charge in [0, 0.05) is 24.2 Å². The second kappa shape index (κ2) is 5.81. The van der Waals surface area contributed by atoms with Gasteiger partial charge in [0.15, 0.2) is 11.6 Å². The molecule has 0 radical (unpaired) electrons. The highest BCUT2D eigenvalue weighted by molar-refractivity contribution is 5.16. The molecule has 0 amide bonds. The molecule has 0 saturated carbocycles. The summed E-state index contributed by atoms with van der Waals surface area (Å²) in [7, 11) is 0. The molecule has 4 heteroatoms. The topological polar surface area (TPSA) is 35.6 Å². The average molecular weight is 274 g/mol. The minimum atomic E-state index is 0.570. The van der Waals surface area contributed by atoms with E-state index in [9.17, 15) is 0 Å². The highest BCUT2D eigenvalue weighted by Crippen LogP contribution is 2.16. The van der Waals surface area contributed by atoms with E-state index in [1.54, 1.807) is 0 Å². The largest absolute Gasteiger partial charge is 0.255 e. The first kappa shape index (κ1) is 14.8. The van der Waals surface area contributed by atoms with Gasteiger partial charge in [-0.15, -0.1) is 10.2 Å². The monoisotopic (exact) mass is 274 g/mol. The van der Waals surface area contributed by atoms with Gasteiger partial charge in [0.1, 0.15) is 0 Å². The first-order valence-electron chi connectivity index (χ1n) is 7.49. The first-order chi connectivity index (χ1) is 9.40. The Bertz CT molecular complexity index is 528. The molecule has 0 aliphatic carbocycles. The standard InChI is InChI=1S/C16H26N4/c1-11(2)9-15-17-18-16(10-12(3)4)20(15)19-13(5)7-8-14(19)6/h7-8,11-12H,9-10H2,1-6H3. The van der Waals surface area contributed by atoms with Crippen molar-refractivity contribution in [2.75, 3.05) is 0 Å². The van der Waals surface area contributed by atoms with E-state index in [1.807, 2.05) is 0 Å². The molecule has 0 bridgehead atoms. The molecule has 2 aromatic rings. The van der Waals surface area contributed by atoms with Crippen LogP contribution in [0.4, 0.5) is 0 Å². The summed E-state index contributed by atoms with van der Waals surface area (Å²) in [4.78, 5) is 0. The van der Waals surface area contributed by atoms with E-state index in [-0.39, 0.29) is 0 Å². The number of hydrogen-bond donors (Lipinski definition) is 0. The van der Waals surface area contributed by atoms with Crippen molar-refractivity contribution in [3.8, 4) is 0 Å². The Balaban J connectivity index is 2.54. The molecular weight excluding hydrogens is 248 g/mol. The molecule has 0 fully saturated rings. The number of hydrogen-bond acceptors (Lipinski definition) is 2. The summed E-state index contributed by atoms with van der Waals surface area (Å²) in [6.45, 7) is 13.1. The molecule has 20 heavy (non-hydrogen) atoms. The van der Waals surface area contributed by atoms with Crippen LogP contribution in [0.2, 0.25) is 0 Å². The smallest absolute Gasteiger partial charge is 0.153 e. The summed E-state index contributed by atoms with van der Waals surface area (Å²) >= 11 is 0. The predicted octanol–water partition coefficient (Wildman–Crippen LogP) is 3.40. The minimum Gasteiger partial charge on any atom is -0.255 e. The third kappa shape index (κ3) is 2.94. The molecule has 0 spiro atoms. The Morgan fingerprint density at radius 1 is 0.800 bits per heavy atom. The lowest BCUT2D eigenvalue weighted by molar-refractivity contribution is 0.503. The van der Waals surface area contributed by atoms with E-state index in [0.29, 0.717) is 11.8 Å². The van der Waals surface area contributed by atoms with Crippen molar-refractivity contribution in [2.45, 2.75) is 54.4 Å². The van der Waals surface area contributed by atoms with Crippen LogP contribution in [0.15, 0.2) is 12.1 Å². The van der Waals surface area contributed by atoms with Crippen LogP contribution in [0.5, 0.6) is 0 Å². The summed E-state index contributed by atoms with van der Waals surface area (Å²) in [6.07, 6.45) is 1.89. The van der Waals surface area contributed by atoms with Crippen molar-refractivity contribution < 1.29 is 0 Å². The number of rotatable bonds is 5. The van der Waals surface area contributed by atoms with Gasteiger partial charge < -0.3 is 0 Å². The highest BCUT2D eigenvalue weighted by Gasteiger charge is 2.17. The molecule has 110 valence electrons. The van der Waals surface area contributed by atoms with Gasteiger partial charge in [-0.1, -0.05) is 27.7 Å². The first-order valence-corrected chi connectivity index (χ1v) is 7.49. The van der Waals surface area contributed by atoms with Gasteiger partial charge in [-0.25, -0.2) is 4.68 Å². The Morgan fingerprint density at radius 2 is 1.20 bits per heavy atom. The molecule has 2 heterocycles. The van der Waals surface area contributed by atoms with E-state index in [0.717, 1.165) is 24.5 Å². The molecule has 4 nitrogen and oxygen atoms in total. The van der Waals surface area contributed by atoms with Crippen LogP contribution in [0.1, 0.15) is 50.7 Å². The Morgan fingerprint density at radius 3 is 1.55 bits per heavy atom. The maximum atomic E-state index is 4.44. The van der Waals surface area contributed by atoms with Crippen LogP contribution in [-0.4, -0.2) is 19.5 Å². The summed E-state index contributed by atoms with van der Waals surface area (Å²) in [5.74, 6) is 3.25. The van der Waals surface area contributed by atoms with Crippen molar-refractivity contribution in [1.82, 2.24) is 19.5 Å². The molecule has 0 aliphatic heterocycles. The molecule has 2 aromatic heterocycles. The fourth-order valence-electron chi connectivity index (χ4n) is 2.54. The second-order valence-electron chi connectivity index (χ2n) is 6.47. The molecule has 0 aromatic carbocycles.